The van der Waals surface area contributed by atoms with Crippen LogP contribution in [0.2, 0.25) is 0 Å². The minimum Gasteiger partial charge on any atom is -0.326 e. The van der Waals surface area contributed by atoms with Gasteiger partial charge in [-0.05, 0) is 38.0 Å². The summed E-state index contributed by atoms with van der Waals surface area (Å²) in [5.41, 5.74) is 2.39. The lowest BCUT2D eigenvalue weighted by molar-refractivity contribution is -0.384. The normalized spacial score (nSPS) is 10.4. The van der Waals surface area contributed by atoms with E-state index in [4.69, 9.17) is 0 Å². The molecule has 0 unspecified atom stereocenters. The predicted molar refractivity (Wildman–Crippen MR) is 118 cm³/mol. The third-order valence-electron chi connectivity index (χ3n) is 4.73. The van der Waals surface area contributed by atoms with Crippen molar-refractivity contribution in [3.8, 4) is 0 Å². The first kappa shape index (κ1) is 23.1. The average Bonchev–Trinajstić information content (AvgIpc) is 2.72. The van der Waals surface area contributed by atoms with E-state index in [0.717, 1.165) is 49.8 Å². The number of amides is 2. The highest BCUT2D eigenvalue weighted by Gasteiger charge is 2.08. The number of non-ortho nitro benzene ring substituents is 1. The van der Waals surface area contributed by atoms with Crippen molar-refractivity contribution in [1.82, 2.24) is 0 Å². The Morgan fingerprint density at radius 2 is 1.33 bits per heavy atom. The second kappa shape index (κ2) is 12.4. The summed E-state index contributed by atoms with van der Waals surface area (Å²) in [6, 6.07) is 13.7. The molecule has 2 amide bonds. The van der Waals surface area contributed by atoms with E-state index in [-0.39, 0.29) is 17.5 Å². The summed E-state index contributed by atoms with van der Waals surface area (Å²) in [6.07, 6.45) is 6.51. The fourth-order valence-electron chi connectivity index (χ4n) is 3.06. The Balaban J connectivity index is 1.50. The van der Waals surface area contributed by atoms with Crippen LogP contribution in [0.15, 0.2) is 48.5 Å². The van der Waals surface area contributed by atoms with Crippen molar-refractivity contribution >= 4 is 28.9 Å². The van der Waals surface area contributed by atoms with Crippen LogP contribution in [-0.2, 0) is 9.59 Å². The van der Waals surface area contributed by atoms with Crippen molar-refractivity contribution in [1.29, 1.82) is 0 Å². The van der Waals surface area contributed by atoms with Gasteiger partial charge in [-0.1, -0.05) is 49.4 Å². The minimum absolute atomic E-state index is 0.0386. The van der Waals surface area contributed by atoms with E-state index >= 15 is 0 Å². The van der Waals surface area contributed by atoms with E-state index in [1.807, 2.05) is 31.2 Å². The monoisotopic (exact) mass is 411 g/mol. The van der Waals surface area contributed by atoms with Gasteiger partial charge in [0, 0.05) is 36.3 Å². The summed E-state index contributed by atoms with van der Waals surface area (Å²) in [7, 11) is 0. The molecule has 0 atom stereocenters. The zero-order valence-electron chi connectivity index (χ0n) is 17.4. The standard InChI is InChI=1S/C23H29N3O4/c1-18-13-15-19(16-14-18)24-22(27)11-6-4-2-3-5-7-12-23(28)25-20-9-8-10-21(17-20)26(29)30/h8-10,13-17H,2-7,11-12H2,1H3,(H,24,27)(H,25,28). The van der Waals surface area contributed by atoms with Gasteiger partial charge >= 0.3 is 0 Å². The number of aryl methyl sites for hydroxylation is 1. The predicted octanol–water partition coefficient (Wildman–Crippen LogP) is 5.60. The molecule has 0 spiro atoms. The number of carbonyl (C=O) groups excluding carboxylic acids is 2. The number of hydrogen-bond acceptors (Lipinski definition) is 4. The molecule has 2 aromatic carbocycles. The van der Waals surface area contributed by atoms with Crippen LogP contribution < -0.4 is 10.6 Å². The number of anilines is 2. The second-order valence-electron chi connectivity index (χ2n) is 7.39. The van der Waals surface area contributed by atoms with E-state index in [2.05, 4.69) is 10.6 Å². The van der Waals surface area contributed by atoms with Gasteiger partial charge in [-0.15, -0.1) is 0 Å². The Morgan fingerprint density at radius 3 is 1.90 bits per heavy atom. The van der Waals surface area contributed by atoms with Crippen LogP contribution in [-0.4, -0.2) is 16.7 Å². The number of benzene rings is 2. The maximum Gasteiger partial charge on any atom is 0.271 e. The van der Waals surface area contributed by atoms with Gasteiger partial charge in [0.1, 0.15) is 0 Å². The first-order valence-corrected chi connectivity index (χ1v) is 10.3. The molecule has 2 N–H and O–H groups in total. The SMILES string of the molecule is Cc1ccc(NC(=O)CCCCCCCCC(=O)Nc2cccc([N+](=O)[O-])c2)cc1. The number of nitro benzene ring substituents is 1. The molecule has 0 aliphatic heterocycles. The summed E-state index contributed by atoms with van der Waals surface area (Å²) in [5.74, 6) is -0.0973. The highest BCUT2D eigenvalue weighted by atomic mass is 16.6. The molecule has 0 aromatic heterocycles. The number of nitrogens with one attached hydrogen (secondary N) is 2. The third-order valence-corrected chi connectivity index (χ3v) is 4.73. The average molecular weight is 412 g/mol. The van der Waals surface area contributed by atoms with Gasteiger partial charge in [0.15, 0.2) is 0 Å². The highest BCUT2D eigenvalue weighted by Crippen LogP contribution is 2.18. The number of nitro groups is 1. The lowest BCUT2D eigenvalue weighted by Gasteiger charge is -2.06. The molecular formula is C23H29N3O4. The number of carbonyl (C=O) groups is 2. The topological polar surface area (TPSA) is 101 Å². The van der Waals surface area contributed by atoms with Crippen molar-refractivity contribution in [2.75, 3.05) is 10.6 Å². The maximum absolute atomic E-state index is 11.9. The fraction of sp³-hybridized carbons (Fsp3) is 0.391. The number of unbranched alkanes of at least 4 members (excludes halogenated alkanes) is 5. The molecule has 0 aliphatic rings. The quantitative estimate of drug-likeness (QED) is 0.269. The van der Waals surface area contributed by atoms with Gasteiger partial charge in [-0.25, -0.2) is 0 Å². The van der Waals surface area contributed by atoms with Gasteiger partial charge in [-0.3, -0.25) is 19.7 Å². The van der Waals surface area contributed by atoms with Crippen molar-refractivity contribution in [3.63, 3.8) is 0 Å². The van der Waals surface area contributed by atoms with E-state index in [1.54, 1.807) is 12.1 Å². The van der Waals surface area contributed by atoms with E-state index in [1.165, 1.54) is 12.1 Å². The summed E-state index contributed by atoms with van der Waals surface area (Å²) < 4.78 is 0. The molecule has 0 aliphatic carbocycles. The maximum atomic E-state index is 11.9. The Bertz CT molecular complexity index is 850. The third kappa shape index (κ3) is 8.86. The Morgan fingerprint density at radius 1 is 0.800 bits per heavy atom. The first-order chi connectivity index (χ1) is 14.4. The molecule has 160 valence electrons. The highest BCUT2D eigenvalue weighted by molar-refractivity contribution is 5.91. The lowest BCUT2D eigenvalue weighted by Crippen LogP contribution is -2.11. The largest absolute Gasteiger partial charge is 0.326 e. The van der Waals surface area contributed by atoms with E-state index < -0.39 is 4.92 Å². The first-order valence-electron chi connectivity index (χ1n) is 10.3. The Hall–Kier alpha value is -3.22. The van der Waals surface area contributed by atoms with Crippen LogP contribution in [0.3, 0.4) is 0 Å². The fourth-order valence-corrected chi connectivity index (χ4v) is 3.06. The molecule has 2 aromatic rings. The van der Waals surface area contributed by atoms with Gasteiger partial charge in [0.25, 0.3) is 5.69 Å². The number of rotatable bonds is 12. The molecule has 0 radical (unpaired) electrons. The number of hydrogen-bond donors (Lipinski definition) is 2. The van der Waals surface area contributed by atoms with Crippen LogP contribution >= 0.6 is 0 Å². The number of nitrogens with zero attached hydrogens (tertiary/aromatic N) is 1. The van der Waals surface area contributed by atoms with Crippen molar-refractivity contribution in [2.45, 2.75) is 58.3 Å². The smallest absolute Gasteiger partial charge is 0.271 e. The summed E-state index contributed by atoms with van der Waals surface area (Å²) >= 11 is 0. The molecule has 0 bridgehead atoms. The van der Waals surface area contributed by atoms with Crippen molar-refractivity contribution in [3.05, 3.63) is 64.2 Å². The molecule has 7 heteroatoms. The molecule has 0 saturated carbocycles. The molecule has 30 heavy (non-hydrogen) atoms. The van der Waals surface area contributed by atoms with Crippen molar-refractivity contribution < 1.29 is 14.5 Å². The van der Waals surface area contributed by atoms with Gasteiger partial charge in [0.05, 0.1) is 4.92 Å². The summed E-state index contributed by atoms with van der Waals surface area (Å²) in [6.45, 7) is 2.01. The summed E-state index contributed by atoms with van der Waals surface area (Å²) in [5, 5.41) is 16.4. The van der Waals surface area contributed by atoms with Crippen LogP contribution in [0.1, 0.15) is 56.9 Å². The van der Waals surface area contributed by atoms with E-state index in [9.17, 15) is 19.7 Å². The molecule has 7 nitrogen and oxygen atoms in total. The van der Waals surface area contributed by atoms with Crippen LogP contribution in [0.25, 0.3) is 0 Å². The zero-order chi connectivity index (χ0) is 21.8. The Labute approximate surface area is 177 Å². The van der Waals surface area contributed by atoms with E-state index in [0.29, 0.717) is 18.5 Å². The van der Waals surface area contributed by atoms with Crippen molar-refractivity contribution in [2.24, 2.45) is 0 Å². The molecule has 0 heterocycles. The zero-order valence-corrected chi connectivity index (χ0v) is 17.4. The molecular weight excluding hydrogens is 382 g/mol. The molecule has 2 rings (SSSR count). The lowest BCUT2D eigenvalue weighted by atomic mass is 10.1. The Kier molecular flexibility index (Phi) is 9.51. The second-order valence-corrected chi connectivity index (χ2v) is 7.39. The van der Waals surface area contributed by atoms with Crippen LogP contribution in [0, 0.1) is 17.0 Å². The molecule has 0 fully saturated rings. The van der Waals surface area contributed by atoms with Gasteiger partial charge in [0.2, 0.25) is 11.8 Å². The molecule has 0 saturated heterocycles. The minimum atomic E-state index is -0.484. The van der Waals surface area contributed by atoms with Crippen LogP contribution in [0.4, 0.5) is 17.1 Å². The van der Waals surface area contributed by atoms with Crippen LogP contribution in [0.5, 0.6) is 0 Å². The summed E-state index contributed by atoms with van der Waals surface area (Å²) in [4.78, 5) is 34.1. The van der Waals surface area contributed by atoms with Gasteiger partial charge < -0.3 is 10.6 Å². The van der Waals surface area contributed by atoms with Gasteiger partial charge in [-0.2, -0.15) is 0 Å².